The predicted molar refractivity (Wildman–Crippen MR) is 110 cm³/mol. The normalized spacial score (nSPS) is 9.90. The van der Waals surface area contributed by atoms with E-state index in [9.17, 15) is 13.6 Å². The Kier molecular flexibility index (Phi) is 12.3. The Bertz CT molecular complexity index is 926. The Labute approximate surface area is 194 Å². The van der Waals surface area contributed by atoms with Crippen molar-refractivity contribution in [3.8, 4) is 11.4 Å². The summed E-state index contributed by atoms with van der Waals surface area (Å²) < 4.78 is 26.4. The van der Waals surface area contributed by atoms with Gasteiger partial charge in [-0.2, -0.15) is 0 Å². The van der Waals surface area contributed by atoms with E-state index in [1.807, 2.05) is 0 Å². The number of nitrogens with zero attached hydrogens (tertiary/aromatic N) is 3. The van der Waals surface area contributed by atoms with Gasteiger partial charge in [0.05, 0.1) is 5.82 Å². The average Bonchev–Trinajstić information content (AvgIpc) is 2.75. The molecule has 0 atom stereocenters. The fraction of sp³-hybridized carbons (Fsp3) is 0.304. The van der Waals surface area contributed by atoms with Gasteiger partial charge in [-0.25, -0.2) is 9.78 Å². The molecular formula is C23H24F2IrN3O2-. The van der Waals surface area contributed by atoms with Gasteiger partial charge < -0.3 is 5.11 Å². The first-order valence-corrected chi connectivity index (χ1v) is 9.83. The molecule has 0 aliphatic rings. The van der Waals surface area contributed by atoms with Crippen molar-refractivity contribution < 1.29 is 38.8 Å². The third kappa shape index (κ3) is 9.40. The maximum atomic E-state index is 13.6. The Hall–Kier alpha value is -2.57. The van der Waals surface area contributed by atoms with Crippen molar-refractivity contribution in [2.75, 3.05) is 0 Å². The molecule has 0 aliphatic carbocycles. The van der Waals surface area contributed by atoms with E-state index in [0.717, 1.165) is 30.5 Å². The number of carboxylic acid groups (broad SMARTS) is 1. The van der Waals surface area contributed by atoms with E-state index in [0.29, 0.717) is 0 Å². The topological polar surface area (TPSA) is 76.0 Å². The number of aromatic nitrogens is 3. The minimum atomic E-state index is -0.990. The molecule has 2 heterocycles. The molecule has 0 unspecified atom stereocenters. The van der Waals surface area contributed by atoms with Crippen LogP contribution in [0.3, 0.4) is 0 Å². The molecule has 31 heavy (non-hydrogen) atoms. The number of aromatic carboxylic acids is 1. The Morgan fingerprint density at radius 3 is 2.32 bits per heavy atom. The molecule has 2 aromatic heterocycles. The fourth-order valence-electron chi connectivity index (χ4n) is 2.65. The minimum Gasteiger partial charge on any atom is -0.477 e. The summed E-state index contributed by atoms with van der Waals surface area (Å²) in [4.78, 5) is 22.0. The number of rotatable bonds is 8. The molecule has 0 amide bonds. The molecular weight excluding hydrogens is 580 g/mol. The summed E-state index contributed by atoms with van der Waals surface area (Å²) >= 11 is 0. The number of pyridine rings is 1. The van der Waals surface area contributed by atoms with Crippen LogP contribution in [0.2, 0.25) is 0 Å². The minimum absolute atomic E-state index is 0. The van der Waals surface area contributed by atoms with Crippen LogP contribution in [-0.2, 0) is 26.5 Å². The SMILES string of the molecule is CCCCCCCc1cnc(-c2[c-]cc(F)cc2F)nc1.O=C(O)c1ccccn1.[Ir]. The summed E-state index contributed by atoms with van der Waals surface area (Å²) in [5.74, 6) is -2.10. The molecule has 167 valence electrons. The van der Waals surface area contributed by atoms with E-state index >= 15 is 0 Å². The summed E-state index contributed by atoms with van der Waals surface area (Å²) in [6.07, 6.45) is 11.9. The van der Waals surface area contributed by atoms with Crippen LogP contribution in [0, 0.1) is 17.7 Å². The first kappa shape index (κ1) is 26.5. The van der Waals surface area contributed by atoms with Crippen LogP contribution in [0.25, 0.3) is 11.4 Å². The number of halogens is 2. The molecule has 0 fully saturated rings. The second-order valence-corrected chi connectivity index (χ2v) is 6.64. The van der Waals surface area contributed by atoms with Gasteiger partial charge in [0.2, 0.25) is 0 Å². The maximum Gasteiger partial charge on any atom is 0.354 e. The molecule has 0 bridgehead atoms. The van der Waals surface area contributed by atoms with Crippen molar-refractivity contribution in [1.82, 2.24) is 15.0 Å². The molecule has 0 saturated carbocycles. The number of hydrogen-bond donors (Lipinski definition) is 1. The van der Waals surface area contributed by atoms with Gasteiger partial charge in [-0.3, -0.25) is 18.7 Å². The second-order valence-electron chi connectivity index (χ2n) is 6.64. The standard InChI is InChI=1S/C17H19F2N2.C6H5NO2.Ir/c1-2-3-4-5-6-7-13-11-20-17(21-12-13)15-9-8-14(18)10-16(15)19;8-6(9)5-3-1-2-4-7-5;/h8,10-12H,2-7H2,1H3;1-4H,(H,8,9);/q-1;;. The monoisotopic (exact) mass is 605 g/mol. The Morgan fingerprint density at radius 2 is 1.77 bits per heavy atom. The zero-order chi connectivity index (χ0) is 21.8. The molecule has 0 aliphatic heterocycles. The van der Waals surface area contributed by atoms with Gasteiger partial charge in [-0.15, -0.1) is 12.1 Å². The number of unbranched alkanes of at least 4 members (excludes halogenated alkanes) is 4. The zero-order valence-electron chi connectivity index (χ0n) is 17.1. The summed E-state index contributed by atoms with van der Waals surface area (Å²) in [6.45, 7) is 2.19. The average molecular weight is 605 g/mol. The van der Waals surface area contributed by atoms with Crippen LogP contribution in [-0.4, -0.2) is 26.0 Å². The molecule has 3 rings (SSSR count). The number of carbonyl (C=O) groups is 1. The van der Waals surface area contributed by atoms with Gasteiger partial charge in [0.1, 0.15) is 5.69 Å². The quantitative estimate of drug-likeness (QED) is 0.271. The van der Waals surface area contributed by atoms with E-state index in [1.165, 1.54) is 37.9 Å². The van der Waals surface area contributed by atoms with E-state index in [1.54, 1.807) is 24.5 Å². The van der Waals surface area contributed by atoms with Crippen molar-refractivity contribution in [3.05, 3.63) is 77.9 Å². The van der Waals surface area contributed by atoms with Crippen molar-refractivity contribution >= 4 is 5.97 Å². The second kappa shape index (κ2) is 14.4. The molecule has 3 aromatic rings. The molecule has 0 saturated heterocycles. The van der Waals surface area contributed by atoms with Gasteiger partial charge in [-0.1, -0.05) is 50.3 Å². The van der Waals surface area contributed by atoms with E-state index in [2.05, 4.69) is 27.9 Å². The summed E-state index contributed by atoms with van der Waals surface area (Å²) in [5, 5.41) is 8.32. The van der Waals surface area contributed by atoms with Gasteiger partial charge >= 0.3 is 5.97 Å². The summed E-state index contributed by atoms with van der Waals surface area (Å²) in [6, 6.07) is 9.19. The molecule has 1 radical (unpaired) electrons. The van der Waals surface area contributed by atoms with Crippen molar-refractivity contribution in [1.29, 1.82) is 0 Å². The maximum absolute atomic E-state index is 13.6. The van der Waals surface area contributed by atoms with Crippen LogP contribution < -0.4 is 0 Å². The van der Waals surface area contributed by atoms with Gasteiger partial charge in [0, 0.05) is 50.3 Å². The largest absolute Gasteiger partial charge is 0.477 e. The van der Waals surface area contributed by atoms with Crippen molar-refractivity contribution in [3.63, 3.8) is 0 Å². The van der Waals surface area contributed by atoms with E-state index in [-0.39, 0.29) is 37.2 Å². The summed E-state index contributed by atoms with van der Waals surface area (Å²) in [7, 11) is 0. The Morgan fingerprint density at radius 1 is 1.06 bits per heavy atom. The molecule has 0 spiro atoms. The summed E-state index contributed by atoms with van der Waals surface area (Å²) in [5.41, 5.74) is 1.22. The number of aryl methyl sites for hydroxylation is 1. The van der Waals surface area contributed by atoms with Crippen LogP contribution in [0.4, 0.5) is 8.78 Å². The van der Waals surface area contributed by atoms with Crippen molar-refractivity contribution in [2.24, 2.45) is 0 Å². The van der Waals surface area contributed by atoms with E-state index < -0.39 is 17.6 Å². The van der Waals surface area contributed by atoms with Crippen LogP contribution in [0.1, 0.15) is 55.1 Å². The number of carboxylic acids is 1. The zero-order valence-corrected chi connectivity index (χ0v) is 19.5. The Balaban J connectivity index is 0.000000404. The molecule has 1 aromatic carbocycles. The first-order valence-electron chi connectivity index (χ1n) is 9.83. The third-order valence-corrected chi connectivity index (χ3v) is 4.24. The third-order valence-electron chi connectivity index (χ3n) is 4.24. The molecule has 1 N–H and O–H groups in total. The van der Waals surface area contributed by atoms with Gasteiger partial charge in [0.15, 0.2) is 0 Å². The number of hydrogen-bond acceptors (Lipinski definition) is 4. The fourth-order valence-corrected chi connectivity index (χ4v) is 2.65. The predicted octanol–water partition coefficient (Wildman–Crippen LogP) is 5.51. The van der Waals surface area contributed by atoms with E-state index in [4.69, 9.17) is 5.11 Å². The first-order chi connectivity index (χ1) is 14.5. The molecule has 8 heteroatoms. The molecule has 5 nitrogen and oxygen atoms in total. The van der Waals surface area contributed by atoms with Crippen LogP contribution >= 0.6 is 0 Å². The van der Waals surface area contributed by atoms with Gasteiger partial charge in [-0.05, 0) is 30.5 Å². The van der Waals surface area contributed by atoms with Crippen LogP contribution in [0.5, 0.6) is 0 Å². The van der Waals surface area contributed by atoms with Crippen LogP contribution in [0.15, 0.2) is 48.9 Å². The van der Waals surface area contributed by atoms with Gasteiger partial charge in [0.25, 0.3) is 0 Å². The number of benzene rings is 1. The van der Waals surface area contributed by atoms with Crippen molar-refractivity contribution in [2.45, 2.75) is 45.4 Å². The smallest absolute Gasteiger partial charge is 0.354 e.